The van der Waals surface area contributed by atoms with Crippen molar-refractivity contribution in [2.24, 2.45) is 5.92 Å². The molecule has 20 heavy (non-hydrogen) atoms. The van der Waals surface area contributed by atoms with Crippen LogP contribution < -0.4 is 5.32 Å². The van der Waals surface area contributed by atoms with Crippen LogP contribution in [0.4, 0.5) is 0 Å². The molecule has 2 unspecified atom stereocenters. The van der Waals surface area contributed by atoms with Gasteiger partial charge in [-0.05, 0) is 36.8 Å². The molecule has 4 heteroatoms. The summed E-state index contributed by atoms with van der Waals surface area (Å²) in [6.45, 7) is 3.96. The minimum absolute atomic E-state index is 0.0572. The summed E-state index contributed by atoms with van der Waals surface area (Å²) in [5, 5.41) is 6.89. The quantitative estimate of drug-likeness (QED) is 0.912. The molecule has 1 amide bonds. The van der Waals surface area contributed by atoms with Gasteiger partial charge in [-0.15, -0.1) is 0 Å². The first-order valence-electron chi connectivity index (χ1n) is 6.96. The third-order valence-corrected chi connectivity index (χ3v) is 4.11. The van der Waals surface area contributed by atoms with E-state index in [1.165, 1.54) is 17.4 Å². The SMILES string of the molecule is Cc1nocc1C(=O)NC1c2ccccc2CCC1C. The number of fused-ring (bicyclic) bond motifs is 1. The van der Waals surface area contributed by atoms with Gasteiger partial charge in [0.1, 0.15) is 11.8 Å². The predicted molar refractivity (Wildman–Crippen MR) is 75.4 cm³/mol. The van der Waals surface area contributed by atoms with Crippen molar-refractivity contribution in [1.82, 2.24) is 10.5 Å². The standard InChI is InChI=1S/C16H18N2O2/c1-10-7-8-12-5-3-4-6-13(12)15(10)17-16(19)14-9-20-18-11(14)2/h3-6,9-10,15H,7-8H2,1-2H3,(H,17,19). The average Bonchev–Trinajstić information content (AvgIpc) is 2.88. The summed E-state index contributed by atoms with van der Waals surface area (Å²) in [6.07, 6.45) is 3.57. The minimum atomic E-state index is -0.114. The minimum Gasteiger partial charge on any atom is -0.364 e. The summed E-state index contributed by atoms with van der Waals surface area (Å²) in [7, 11) is 0. The van der Waals surface area contributed by atoms with Gasteiger partial charge in [-0.3, -0.25) is 4.79 Å². The third kappa shape index (κ3) is 2.22. The van der Waals surface area contributed by atoms with Crippen LogP contribution in [0.1, 0.15) is 46.6 Å². The molecule has 1 aromatic carbocycles. The average molecular weight is 270 g/mol. The number of carbonyl (C=O) groups excluding carboxylic acids is 1. The van der Waals surface area contributed by atoms with Crippen LogP contribution in [-0.4, -0.2) is 11.1 Å². The van der Waals surface area contributed by atoms with Gasteiger partial charge in [-0.1, -0.05) is 36.3 Å². The molecule has 0 saturated heterocycles. The zero-order valence-corrected chi connectivity index (χ0v) is 11.7. The van der Waals surface area contributed by atoms with E-state index >= 15 is 0 Å². The number of hydrogen-bond donors (Lipinski definition) is 1. The monoisotopic (exact) mass is 270 g/mol. The maximum absolute atomic E-state index is 12.3. The van der Waals surface area contributed by atoms with E-state index in [4.69, 9.17) is 4.52 Å². The van der Waals surface area contributed by atoms with E-state index in [-0.39, 0.29) is 11.9 Å². The fraction of sp³-hybridized carbons (Fsp3) is 0.375. The van der Waals surface area contributed by atoms with Crippen molar-refractivity contribution in [2.75, 3.05) is 0 Å². The van der Waals surface area contributed by atoms with Crippen LogP contribution in [0.25, 0.3) is 0 Å². The Balaban J connectivity index is 1.87. The van der Waals surface area contributed by atoms with E-state index in [2.05, 4.69) is 35.6 Å². The van der Waals surface area contributed by atoms with Gasteiger partial charge in [0.15, 0.2) is 0 Å². The molecule has 104 valence electrons. The molecule has 2 atom stereocenters. The fourth-order valence-electron chi connectivity index (χ4n) is 2.87. The predicted octanol–water partition coefficient (Wildman–Crippen LogP) is 3.04. The van der Waals surface area contributed by atoms with Crippen LogP contribution >= 0.6 is 0 Å². The lowest BCUT2D eigenvalue weighted by atomic mass is 9.80. The van der Waals surface area contributed by atoms with Crippen LogP contribution in [0.3, 0.4) is 0 Å². The number of hydrogen-bond acceptors (Lipinski definition) is 3. The molecule has 0 spiro atoms. The smallest absolute Gasteiger partial charge is 0.257 e. The second-order valence-corrected chi connectivity index (χ2v) is 5.48. The van der Waals surface area contributed by atoms with E-state index in [0.717, 1.165) is 12.8 Å². The molecule has 1 heterocycles. The molecule has 1 aliphatic carbocycles. The number of carbonyl (C=O) groups is 1. The molecule has 0 radical (unpaired) electrons. The zero-order valence-electron chi connectivity index (χ0n) is 11.7. The first-order chi connectivity index (χ1) is 9.66. The van der Waals surface area contributed by atoms with Gasteiger partial charge in [0.25, 0.3) is 5.91 Å². The van der Waals surface area contributed by atoms with Crippen molar-refractivity contribution < 1.29 is 9.32 Å². The normalized spacial score (nSPS) is 21.3. The van der Waals surface area contributed by atoms with Crippen LogP contribution in [0.15, 0.2) is 35.1 Å². The van der Waals surface area contributed by atoms with Gasteiger partial charge in [0, 0.05) is 0 Å². The molecule has 3 rings (SSSR count). The van der Waals surface area contributed by atoms with Gasteiger partial charge >= 0.3 is 0 Å². The summed E-state index contributed by atoms with van der Waals surface area (Å²) < 4.78 is 4.84. The number of nitrogens with zero attached hydrogens (tertiary/aromatic N) is 1. The lowest BCUT2D eigenvalue weighted by molar-refractivity contribution is 0.0918. The van der Waals surface area contributed by atoms with Crippen LogP contribution in [-0.2, 0) is 6.42 Å². The van der Waals surface area contributed by atoms with Crippen molar-refractivity contribution in [1.29, 1.82) is 0 Å². The molecule has 1 aromatic heterocycles. The molecule has 0 bridgehead atoms. The van der Waals surface area contributed by atoms with Gasteiger partial charge in [-0.25, -0.2) is 0 Å². The summed E-state index contributed by atoms with van der Waals surface area (Å²) in [6, 6.07) is 8.39. The summed E-state index contributed by atoms with van der Waals surface area (Å²) in [5.41, 5.74) is 3.70. The van der Waals surface area contributed by atoms with Crippen LogP contribution in [0.5, 0.6) is 0 Å². The summed E-state index contributed by atoms with van der Waals surface area (Å²) in [5.74, 6) is 0.311. The van der Waals surface area contributed by atoms with Crippen molar-refractivity contribution >= 4 is 5.91 Å². The van der Waals surface area contributed by atoms with E-state index < -0.39 is 0 Å². The highest BCUT2D eigenvalue weighted by molar-refractivity contribution is 5.95. The molecule has 0 saturated carbocycles. The van der Waals surface area contributed by atoms with E-state index in [1.54, 1.807) is 6.92 Å². The fourth-order valence-corrected chi connectivity index (χ4v) is 2.87. The third-order valence-electron chi connectivity index (χ3n) is 4.11. The molecule has 0 aliphatic heterocycles. The van der Waals surface area contributed by atoms with E-state index in [1.807, 2.05) is 6.07 Å². The molecule has 2 aromatic rings. The molecule has 4 nitrogen and oxygen atoms in total. The molecule has 1 aliphatic rings. The second kappa shape index (κ2) is 5.12. The Labute approximate surface area is 118 Å². The lowest BCUT2D eigenvalue weighted by Gasteiger charge is -2.32. The van der Waals surface area contributed by atoms with Gasteiger partial charge in [0.2, 0.25) is 0 Å². The molecule has 0 fully saturated rings. The maximum Gasteiger partial charge on any atom is 0.257 e. The maximum atomic E-state index is 12.3. The number of benzene rings is 1. The number of nitrogens with one attached hydrogen (secondary N) is 1. The van der Waals surface area contributed by atoms with Gasteiger partial charge < -0.3 is 9.84 Å². The largest absolute Gasteiger partial charge is 0.364 e. The second-order valence-electron chi connectivity index (χ2n) is 5.48. The Kier molecular flexibility index (Phi) is 3.30. The van der Waals surface area contributed by atoms with Crippen molar-refractivity contribution in [3.63, 3.8) is 0 Å². The van der Waals surface area contributed by atoms with Crippen molar-refractivity contribution in [3.05, 3.63) is 52.9 Å². The molecular weight excluding hydrogens is 252 g/mol. The number of rotatable bonds is 2. The number of aryl methyl sites for hydroxylation is 2. The van der Waals surface area contributed by atoms with Crippen molar-refractivity contribution in [3.8, 4) is 0 Å². The number of aromatic nitrogens is 1. The first kappa shape index (κ1) is 12.9. The van der Waals surface area contributed by atoms with Crippen LogP contribution in [0.2, 0.25) is 0 Å². The highest BCUT2D eigenvalue weighted by atomic mass is 16.5. The van der Waals surface area contributed by atoms with Crippen molar-refractivity contribution in [2.45, 2.75) is 32.7 Å². The Bertz CT molecular complexity index is 633. The molecule has 1 N–H and O–H groups in total. The Morgan fingerprint density at radius 3 is 2.95 bits per heavy atom. The lowest BCUT2D eigenvalue weighted by Crippen LogP contribution is -2.35. The Hall–Kier alpha value is -2.10. The van der Waals surface area contributed by atoms with E-state index in [9.17, 15) is 4.79 Å². The van der Waals surface area contributed by atoms with Gasteiger partial charge in [0.05, 0.1) is 11.7 Å². The Morgan fingerprint density at radius 2 is 2.20 bits per heavy atom. The summed E-state index contributed by atoms with van der Waals surface area (Å²) >= 11 is 0. The van der Waals surface area contributed by atoms with Crippen LogP contribution in [0, 0.1) is 12.8 Å². The highest BCUT2D eigenvalue weighted by Gasteiger charge is 2.28. The first-order valence-corrected chi connectivity index (χ1v) is 6.96. The van der Waals surface area contributed by atoms with E-state index in [0.29, 0.717) is 17.2 Å². The summed E-state index contributed by atoms with van der Waals surface area (Å²) in [4.78, 5) is 12.3. The number of amides is 1. The zero-order chi connectivity index (χ0) is 14.1. The Morgan fingerprint density at radius 1 is 1.40 bits per heavy atom. The van der Waals surface area contributed by atoms with Gasteiger partial charge in [-0.2, -0.15) is 0 Å². The highest BCUT2D eigenvalue weighted by Crippen LogP contribution is 2.34. The topological polar surface area (TPSA) is 55.1 Å². The molecular formula is C16H18N2O2.